The molecule has 1 aromatic carbocycles. The lowest BCUT2D eigenvalue weighted by molar-refractivity contribution is 0.106. The Morgan fingerprint density at radius 1 is 1.15 bits per heavy atom. The molecule has 1 saturated carbocycles. The number of rotatable bonds is 6. The lowest BCUT2D eigenvalue weighted by atomic mass is 9.84. The van der Waals surface area contributed by atoms with Crippen LogP contribution in [0.1, 0.15) is 43.2 Å². The summed E-state index contributed by atoms with van der Waals surface area (Å²) in [6.45, 7) is 0.314. The van der Waals surface area contributed by atoms with E-state index in [1.807, 2.05) is 0 Å². The van der Waals surface area contributed by atoms with E-state index in [-0.39, 0.29) is 6.10 Å². The van der Waals surface area contributed by atoms with Crippen molar-refractivity contribution in [1.82, 2.24) is 0 Å². The molecule has 1 aliphatic rings. The summed E-state index contributed by atoms with van der Waals surface area (Å²) < 4.78 is 0. The van der Waals surface area contributed by atoms with Crippen molar-refractivity contribution in [3.05, 3.63) is 35.4 Å². The van der Waals surface area contributed by atoms with Crippen molar-refractivity contribution >= 4 is 0 Å². The topological polar surface area (TPSA) is 66.5 Å². The maximum atomic E-state index is 9.61. The van der Waals surface area contributed by atoms with Crippen molar-refractivity contribution in [2.75, 3.05) is 6.54 Å². The first-order chi connectivity index (χ1) is 9.67. The third-order valence-corrected chi connectivity index (χ3v) is 4.39. The van der Waals surface area contributed by atoms with Crippen molar-refractivity contribution in [3.8, 4) is 0 Å². The van der Waals surface area contributed by atoms with E-state index in [1.54, 1.807) is 0 Å². The highest BCUT2D eigenvalue weighted by atomic mass is 16.3. The molecule has 1 aliphatic carbocycles. The predicted octanol–water partition coefficient (Wildman–Crippen LogP) is 2.03. The highest BCUT2D eigenvalue weighted by Crippen LogP contribution is 2.28. The van der Waals surface area contributed by atoms with Crippen LogP contribution < -0.4 is 5.73 Å². The average Bonchev–Trinajstić information content (AvgIpc) is 2.47. The van der Waals surface area contributed by atoms with Crippen LogP contribution >= 0.6 is 0 Å². The van der Waals surface area contributed by atoms with Gasteiger partial charge in [-0.3, -0.25) is 0 Å². The minimum absolute atomic E-state index is 0.0627. The highest BCUT2D eigenvalue weighted by Gasteiger charge is 2.18. The number of aryl methyl sites for hydroxylation is 1. The van der Waals surface area contributed by atoms with Gasteiger partial charge in [-0.25, -0.2) is 0 Å². The molecule has 3 nitrogen and oxygen atoms in total. The first kappa shape index (κ1) is 15.5. The molecule has 0 spiro atoms. The first-order valence-corrected chi connectivity index (χ1v) is 7.81. The fourth-order valence-corrected chi connectivity index (χ4v) is 3.07. The van der Waals surface area contributed by atoms with Crippen LogP contribution in [0.3, 0.4) is 0 Å². The second-order valence-corrected chi connectivity index (χ2v) is 6.13. The summed E-state index contributed by atoms with van der Waals surface area (Å²) in [5.74, 6) is 0.761. The van der Waals surface area contributed by atoms with Crippen LogP contribution in [0.2, 0.25) is 0 Å². The molecular weight excluding hydrogens is 250 g/mol. The van der Waals surface area contributed by atoms with E-state index in [0.717, 1.165) is 38.0 Å². The second-order valence-electron chi connectivity index (χ2n) is 6.13. The summed E-state index contributed by atoms with van der Waals surface area (Å²) in [4.78, 5) is 0. The van der Waals surface area contributed by atoms with Gasteiger partial charge in [-0.05, 0) is 62.0 Å². The Morgan fingerprint density at radius 2 is 1.85 bits per heavy atom. The van der Waals surface area contributed by atoms with Gasteiger partial charge in [0.25, 0.3) is 0 Å². The minimum atomic E-state index is -0.440. The molecule has 1 fully saturated rings. The van der Waals surface area contributed by atoms with Gasteiger partial charge in [-0.15, -0.1) is 0 Å². The summed E-state index contributed by atoms with van der Waals surface area (Å²) in [6, 6.07) is 8.48. The van der Waals surface area contributed by atoms with E-state index in [2.05, 4.69) is 24.3 Å². The van der Waals surface area contributed by atoms with Gasteiger partial charge in [-0.2, -0.15) is 0 Å². The number of hydrogen-bond acceptors (Lipinski definition) is 3. The van der Waals surface area contributed by atoms with Gasteiger partial charge in [0.1, 0.15) is 0 Å². The highest BCUT2D eigenvalue weighted by molar-refractivity contribution is 5.24. The SMILES string of the molecule is NCC(O)Cc1cccc(CCC2CCC(O)CC2)c1. The molecule has 20 heavy (non-hydrogen) atoms. The molecule has 3 heteroatoms. The zero-order chi connectivity index (χ0) is 14.4. The Kier molecular flexibility index (Phi) is 6.02. The molecule has 0 saturated heterocycles. The number of hydrogen-bond donors (Lipinski definition) is 3. The Morgan fingerprint density at radius 3 is 2.55 bits per heavy atom. The predicted molar refractivity (Wildman–Crippen MR) is 81.5 cm³/mol. The van der Waals surface area contributed by atoms with Crippen LogP contribution in [-0.2, 0) is 12.8 Å². The van der Waals surface area contributed by atoms with Gasteiger partial charge in [0, 0.05) is 6.54 Å². The standard InChI is InChI=1S/C17H27NO2/c18-12-17(20)11-15-3-1-2-14(10-15)5-4-13-6-8-16(19)9-7-13/h1-3,10,13,16-17,19-20H,4-9,11-12,18H2. The van der Waals surface area contributed by atoms with Crippen molar-refractivity contribution < 1.29 is 10.2 Å². The van der Waals surface area contributed by atoms with E-state index >= 15 is 0 Å². The van der Waals surface area contributed by atoms with E-state index in [1.165, 1.54) is 17.5 Å². The molecule has 2 rings (SSSR count). The fourth-order valence-electron chi connectivity index (χ4n) is 3.07. The van der Waals surface area contributed by atoms with Gasteiger partial charge in [0.15, 0.2) is 0 Å². The van der Waals surface area contributed by atoms with Crippen molar-refractivity contribution in [1.29, 1.82) is 0 Å². The van der Waals surface area contributed by atoms with Crippen LogP contribution in [0.15, 0.2) is 24.3 Å². The summed E-state index contributed by atoms with van der Waals surface area (Å²) >= 11 is 0. The Bertz CT molecular complexity index is 400. The van der Waals surface area contributed by atoms with Crippen molar-refractivity contribution in [2.24, 2.45) is 11.7 Å². The van der Waals surface area contributed by atoms with Crippen molar-refractivity contribution in [2.45, 2.75) is 57.2 Å². The number of nitrogens with two attached hydrogens (primary N) is 1. The van der Waals surface area contributed by atoms with Crippen molar-refractivity contribution in [3.63, 3.8) is 0 Å². The monoisotopic (exact) mass is 277 g/mol. The molecule has 0 heterocycles. The molecule has 4 N–H and O–H groups in total. The summed E-state index contributed by atoms with van der Waals surface area (Å²) in [7, 11) is 0. The van der Waals surface area contributed by atoms with Crippen LogP contribution in [-0.4, -0.2) is 29.0 Å². The molecule has 0 bridgehead atoms. The maximum Gasteiger partial charge on any atom is 0.0702 e. The number of aliphatic hydroxyl groups is 2. The second kappa shape index (κ2) is 7.77. The van der Waals surface area contributed by atoms with Gasteiger partial charge >= 0.3 is 0 Å². The summed E-state index contributed by atoms with van der Waals surface area (Å²) in [5, 5.41) is 19.1. The third-order valence-electron chi connectivity index (χ3n) is 4.39. The van der Waals surface area contributed by atoms with Gasteiger partial charge in [0.2, 0.25) is 0 Å². The molecule has 1 unspecified atom stereocenters. The van der Waals surface area contributed by atoms with E-state index in [4.69, 9.17) is 5.73 Å². The van der Waals surface area contributed by atoms with Crippen LogP contribution in [0.4, 0.5) is 0 Å². The lowest BCUT2D eigenvalue weighted by Gasteiger charge is -2.25. The van der Waals surface area contributed by atoms with Crippen LogP contribution in [0.25, 0.3) is 0 Å². The maximum absolute atomic E-state index is 9.61. The summed E-state index contributed by atoms with van der Waals surface area (Å²) in [6.07, 6.45) is 6.68. The smallest absolute Gasteiger partial charge is 0.0702 e. The van der Waals surface area contributed by atoms with E-state index in [9.17, 15) is 10.2 Å². The molecule has 112 valence electrons. The molecule has 1 atom stereocenters. The van der Waals surface area contributed by atoms with Gasteiger partial charge in [-0.1, -0.05) is 24.3 Å². The lowest BCUT2D eigenvalue weighted by Crippen LogP contribution is -2.22. The van der Waals surface area contributed by atoms with E-state index in [0.29, 0.717) is 13.0 Å². The van der Waals surface area contributed by atoms with Gasteiger partial charge in [0.05, 0.1) is 12.2 Å². The largest absolute Gasteiger partial charge is 0.393 e. The molecule has 1 aromatic rings. The average molecular weight is 277 g/mol. The van der Waals surface area contributed by atoms with Crippen LogP contribution in [0, 0.1) is 5.92 Å². The minimum Gasteiger partial charge on any atom is -0.393 e. The molecule has 0 aliphatic heterocycles. The zero-order valence-electron chi connectivity index (χ0n) is 12.2. The zero-order valence-corrected chi connectivity index (χ0v) is 12.2. The Labute approximate surface area is 121 Å². The molecule has 0 aromatic heterocycles. The van der Waals surface area contributed by atoms with Crippen LogP contribution in [0.5, 0.6) is 0 Å². The van der Waals surface area contributed by atoms with E-state index < -0.39 is 6.10 Å². The molecular formula is C17H27NO2. The Balaban J connectivity index is 1.82. The molecule has 0 radical (unpaired) electrons. The summed E-state index contributed by atoms with van der Waals surface area (Å²) in [5.41, 5.74) is 7.97. The number of benzene rings is 1. The first-order valence-electron chi connectivity index (χ1n) is 7.81. The third kappa shape index (κ3) is 4.89. The van der Waals surface area contributed by atoms with Gasteiger partial charge < -0.3 is 15.9 Å². The number of aliphatic hydroxyl groups excluding tert-OH is 2. The quantitative estimate of drug-likeness (QED) is 0.745. The Hall–Kier alpha value is -0.900. The normalized spacial score (nSPS) is 24.6. The fraction of sp³-hybridized carbons (Fsp3) is 0.647. The molecule has 0 amide bonds.